The molecule has 0 fully saturated rings. The minimum absolute atomic E-state index is 0.0928. The van der Waals surface area contributed by atoms with E-state index in [-0.39, 0.29) is 57.4 Å². The molecule has 0 aromatic carbocycles. The number of carbonyl (C=O) groups excluding carboxylic acids is 8. The number of hydrogen-bond donors (Lipinski definition) is 8. The predicted molar refractivity (Wildman–Crippen MR) is 295 cm³/mol. The van der Waals surface area contributed by atoms with Crippen LogP contribution in [0.15, 0.2) is 91.8 Å². The molecule has 25 nitrogen and oxygen atoms in total. The van der Waals surface area contributed by atoms with Crippen molar-refractivity contribution in [2.24, 2.45) is 42.3 Å². The molecule has 0 radical (unpaired) electrons. The van der Waals surface area contributed by atoms with Crippen molar-refractivity contribution in [3.8, 4) is 0 Å². The van der Waals surface area contributed by atoms with E-state index in [9.17, 15) is 38.4 Å². The van der Waals surface area contributed by atoms with Gasteiger partial charge >= 0.3 is 0 Å². The SMILES string of the molecule is CN(C)CCCNC(=O)c1cc(NC(=O)c2cc(NC(=O)c3cc(NC(=O)c4cccc(C(=O)Nc5cc(C(=O)Nc6cc(C(=O)Nc7cc(C(=O)NCCCN(C)C)n(C)c7)n(C)c6)n(C)c5)n4)cn3C)cn2C)cn1C. The fraction of sp³-hybridized carbons (Fsp3) is 0.302. The summed E-state index contributed by atoms with van der Waals surface area (Å²) in [6, 6.07) is 13.5. The summed E-state index contributed by atoms with van der Waals surface area (Å²) in [5.41, 5.74) is 3.45. The summed E-state index contributed by atoms with van der Waals surface area (Å²) in [6.07, 6.45) is 11.1. The van der Waals surface area contributed by atoms with Crippen LogP contribution < -0.4 is 42.5 Å². The van der Waals surface area contributed by atoms with Gasteiger partial charge in [-0.15, -0.1) is 0 Å². The quantitative estimate of drug-likeness (QED) is 0.0450. The van der Waals surface area contributed by atoms with Gasteiger partial charge in [-0.1, -0.05) is 6.07 Å². The van der Waals surface area contributed by atoms with Crippen molar-refractivity contribution in [3.05, 3.63) is 137 Å². The fourth-order valence-electron chi connectivity index (χ4n) is 8.39. The van der Waals surface area contributed by atoms with Gasteiger partial charge in [0.05, 0.1) is 34.1 Å². The van der Waals surface area contributed by atoms with E-state index >= 15 is 0 Å². The summed E-state index contributed by atoms with van der Waals surface area (Å²) < 4.78 is 9.38. The Morgan fingerprint density at radius 2 is 0.603 bits per heavy atom. The van der Waals surface area contributed by atoms with Gasteiger partial charge in [0.15, 0.2) is 0 Å². The molecule has 7 aromatic rings. The van der Waals surface area contributed by atoms with Crippen LogP contribution in [0.4, 0.5) is 34.1 Å². The first-order chi connectivity index (χ1) is 37.0. The van der Waals surface area contributed by atoms with Gasteiger partial charge in [0.2, 0.25) is 0 Å². The van der Waals surface area contributed by atoms with E-state index in [0.29, 0.717) is 47.2 Å². The van der Waals surface area contributed by atoms with E-state index in [2.05, 4.69) is 47.5 Å². The van der Waals surface area contributed by atoms with Crippen LogP contribution in [0.3, 0.4) is 0 Å². The maximum absolute atomic E-state index is 13.5. The minimum Gasteiger partial charge on any atom is -0.351 e. The van der Waals surface area contributed by atoms with Crippen molar-refractivity contribution in [1.82, 2.24) is 52.8 Å². The third-order valence-electron chi connectivity index (χ3n) is 12.3. The van der Waals surface area contributed by atoms with Gasteiger partial charge in [0.25, 0.3) is 47.3 Å². The number of aryl methyl sites for hydroxylation is 6. The number of nitrogens with one attached hydrogen (secondary N) is 8. The van der Waals surface area contributed by atoms with Gasteiger partial charge in [0, 0.05) is 92.6 Å². The molecule has 78 heavy (non-hydrogen) atoms. The van der Waals surface area contributed by atoms with Crippen LogP contribution in [-0.2, 0) is 42.3 Å². The molecule has 0 saturated carbocycles. The molecule has 25 heteroatoms. The average Bonchev–Trinajstić information content (AvgIpc) is 4.25. The van der Waals surface area contributed by atoms with Crippen LogP contribution in [0.2, 0.25) is 0 Å². The van der Waals surface area contributed by atoms with E-state index < -0.39 is 35.4 Å². The lowest BCUT2D eigenvalue weighted by atomic mass is 10.2. The van der Waals surface area contributed by atoms with E-state index in [1.54, 1.807) is 97.5 Å². The molecule has 0 aliphatic carbocycles. The van der Waals surface area contributed by atoms with Crippen LogP contribution in [0.25, 0.3) is 0 Å². The normalized spacial score (nSPS) is 11.1. The molecule has 0 saturated heterocycles. The summed E-state index contributed by atoms with van der Waals surface area (Å²) in [5, 5.41) is 22.4. The lowest BCUT2D eigenvalue weighted by molar-refractivity contribution is 0.0936. The molecule has 0 unspecified atom stereocenters. The molecule has 0 atom stereocenters. The highest BCUT2D eigenvalue weighted by Gasteiger charge is 2.23. The number of anilines is 6. The molecule has 7 aromatic heterocycles. The highest BCUT2D eigenvalue weighted by molar-refractivity contribution is 6.11. The Bertz CT molecular complexity index is 3200. The lowest BCUT2D eigenvalue weighted by Gasteiger charge is -2.10. The van der Waals surface area contributed by atoms with Crippen molar-refractivity contribution >= 4 is 81.4 Å². The van der Waals surface area contributed by atoms with Gasteiger partial charge < -0.3 is 79.7 Å². The molecule has 0 aliphatic heterocycles. The zero-order chi connectivity index (χ0) is 56.5. The number of hydrogen-bond acceptors (Lipinski definition) is 11. The van der Waals surface area contributed by atoms with Crippen LogP contribution in [0.1, 0.15) is 96.7 Å². The van der Waals surface area contributed by atoms with Crippen LogP contribution in [0.5, 0.6) is 0 Å². The van der Waals surface area contributed by atoms with Crippen molar-refractivity contribution in [3.63, 3.8) is 0 Å². The first kappa shape index (κ1) is 56.2. The number of rotatable bonds is 22. The minimum atomic E-state index is -0.660. The maximum atomic E-state index is 13.5. The van der Waals surface area contributed by atoms with Crippen LogP contribution in [-0.4, -0.2) is 144 Å². The second-order valence-electron chi connectivity index (χ2n) is 19.3. The van der Waals surface area contributed by atoms with E-state index in [1.165, 1.54) is 64.0 Å². The van der Waals surface area contributed by atoms with Crippen LogP contribution in [0, 0.1) is 0 Å². The average molecular weight is 1070 g/mol. The summed E-state index contributed by atoms with van der Waals surface area (Å²) in [6.45, 7) is 2.68. The maximum Gasteiger partial charge on any atom is 0.274 e. The smallest absolute Gasteiger partial charge is 0.274 e. The molecule has 0 bridgehead atoms. The van der Waals surface area contributed by atoms with Crippen molar-refractivity contribution in [2.75, 3.05) is 86.3 Å². The molecule has 7 heterocycles. The number of aromatic nitrogens is 7. The highest BCUT2D eigenvalue weighted by Crippen LogP contribution is 2.23. The Kier molecular flexibility index (Phi) is 17.6. The Morgan fingerprint density at radius 3 is 0.846 bits per heavy atom. The third kappa shape index (κ3) is 14.1. The zero-order valence-electron chi connectivity index (χ0n) is 45.2. The largest absolute Gasteiger partial charge is 0.351 e. The lowest BCUT2D eigenvalue weighted by Crippen LogP contribution is -2.28. The molecule has 410 valence electrons. The Balaban J connectivity index is 0.902. The highest BCUT2D eigenvalue weighted by atomic mass is 16.2. The molecule has 8 N–H and O–H groups in total. The summed E-state index contributed by atoms with van der Waals surface area (Å²) in [7, 11) is 17.8. The number of carbonyl (C=O) groups is 8. The molecular weight excluding hydrogens is 1000 g/mol. The van der Waals surface area contributed by atoms with Gasteiger partial charge in [-0.3, -0.25) is 38.4 Å². The Morgan fingerprint density at radius 1 is 0.372 bits per heavy atom. The second kappa shape index (κ2) is 24.5. The van der Waals surface area contributed by atoms with E-state index in [0.717, 1.165) is 25.9 Å². The van der Waals surface area contributed by atoms with Crippen LogP contribution >= 0.6 is 0 Å². The molecule has 0 spiro atoms. The van der Waals surface area contributed by atoms with E-state index in [4.69, 9.17) is 0 Å². The second-order valence-corrected chi connectivity index (χ2v) is 19.3. The molecule has 8 amide bonds. The number of amides is 8. The van der Waals surface area contributed by atoms with Crippen molar-refractivity contribution in [1.29, 1.82) is 0 Å². The summed E-state index contributed by atoms with van der Waals surface area (Å²) in [4.78, 5) is 114. The first-order valence-electron chi connectivity index (χ1n) is 24.7. The molecule has 0 aliphatic rings. The van der Waals surface area contributed by atoms with Gasteiger partial charge in [-0.25, -0.2) is 4.98 Å². The van der Waals surface area contributed by atoms with Gasteiger partial charge in [-0.2, -0.15) is 0 Å². The standard InChI is InChI=1S/C53H65N17O8/c1-63(2)18-12-16-54-48(73)40-20-34(28-65(40)5)58-52(77)44-24-36(30-69(44)9)60-50(75)42-22-32(26-67(42)7)56-46(71)38-14-11-15-39(62-38)47(72)57-33-23-43(68(8)27-33)51(76)61-37-25-45(70(10)31-37)53(78)59-35-21-41(66(6)29-35)49(74)55-17-13-19-64(3)4/h11,14-15,20-31H,12-13,16-19H2,1-10H3,(H,54,73)(H,55,74)(H,56,71)(H,57,72)(H,58,77)(H,59,78)(H,60,75)(H,61,76). The molecule has 7 rings (SSSR count). The zero-order valence-corrected chi connectivity index (χ0v) is 45.2. The predicted octanol–water partition coefficient (Wildman–Crippen LogP) is 3.99. The number of pyridine rings is 1. The topological polar surface area (TPSA) is 282 Å². The van der Waals surface area contributed by atoms with Crippen molar-refractivity contribution in [2.45, 2.75) is 12.8 Å². The number of nitrogens with zero attached hydrogens (tertiary/aromatic N) is 9. The fourth-order valence-corrected chi connectivity index (χ4v) is 8.39. The monoisotopic (exact) mass is 1070 g/mol. The molecular formula is C53H65N17O8. The summed E-state index contributed by atoms with van der Waals surface area (Å²) >= 11 is 0. The van der Waals surface area contributed by atoms with Gasteiger partial charge in [-0.05, 0) is 103 Å². The van der Waals surface area contributed by atoms with Crippen molar-refractivity contribution < 1.29 is 38.4 Å². The third-order valence-corrected chi connectivity index (χ3v) is 12.3. The van der Waals surface area contributed by atoms with Gasteiger partial charge in [0.1, 0.15) is 45.6 Å². The summed E-state index contributed by atoms with van der Waals surface area (Å²) in [5.74, 6) is -3.82. The Hall–Kier alpha value is -9.49. The Labute approximate surface area is 449 Å². The van der Waals surface area contributed by atoms with E-state index in [1.807, 2.05) is 38.0 Å². The first-order valence-corrected chi connectivity index (χ1v) is 24.7.